The number of amides is 2. The molecule has 2 amide bonds. The molecule has 8 rings (SSSR count). The van der Waals surface area contributed by atoms with Gasteiger partial charge in [0.2, 0.25) is 11.8 Å². The van der Waals surface area contributed by atoms with Crippen molar-refractivity contribution < 1.29 is 9.59 Å². The maximum absolute atomic E-state index is 13.4. The molecule has 4 atom stereocenters. The molecule has 6 aliphatic rings. The molecule has 0 N–H and O–H groups in total. The maximum Gasteiger partial charge on any atom is 0.233 e. The van der Waals surface area contributed by atoms with Crippen molar-refractivity contribution in [3.63, 3.8) is 0 Å². The fraction of sp³-hybridized carbons (Fsp3) is 0.690. The molecule has 0 radical (unpaired) electrons. The lowest BCUT2D eigenvalue weighted by molar-refractivity contribution is -0.141. The van der Waals surface area contributed by atoms with Crippen LogP contribution in [0.4, 0.5) is 5.82 Å². The Balaban J connectivity index is 0.992. The van der Waals surface area contributed by atoms with Gasteiger partial charge < -0.3 is 4.90 Å². The van der Waals surface area contributed by atoms with E-state index in [1.54, 1.807) is 16.4 Å². The topological polar surface area (TPSA) is 56.8 Å². The zero-order valence-corrected chi connectivity index (χ0v) is 22.0. The highest BCUT2D eigenvalue weighted by atomic mass is 32.1. The number of benzene rings is 1. The van der Waals surface area contributed by atoms with Crippen LogP contribution in [-0.4, -0.2) is 65.3 Å². The fourth-order valence-electron chi connectivity index (χ4n) is 8.38. The predicted molar refractivity (Wildman–Crippen MR) is 143 cm³/mol. The lowest BCUT2D eigenvalue weighted by atomic mass is 9.59. The molecule has 2 saturated heterocycles. The molecule has 192 valence electrons. The van der Waals surface area contributed by atoms with Crippen molar-refractivity contribution in [1.82, 2.24) is 14.2 Å². The van der Waals surface area contributed by atoms with Gasteiger partial charge in [0, 0.05) is 44.7 Å². The highest BCUT2D eigenvalue weighted by Crippen LogP contribution is 2.53. The van der Waals surface area contributed by atoms with E-state index in [9.17, 15) is 9.59 Å². The second-order valence-corrected chi connectivity index (χ2v) is 12.9. The fourth-order valence-corrected chi connectivity index (χ4v) is 9.18. The van der Waals surface area contributed by atoms with E-state index in [2.05, 4.69) is 34.1 Å². The number of rotatable bonds is 5. The van der Waals surface area contributed by atoms with Crippen LogP contribution >= 0.6 is 11.5 Å². The lowest BCUT2D eigenvalue weighted by Crippen LogP contribution is -2.49. The van der Waals surface area contributed by atoms with Crippen LogP contribution in [0.15, 0.2) is 24.3 Å². The third-order valence-electron chi connectivity index (χ3n) is 10.3. The predicted octanol–water partition coefficient (Wildman–Crippen LogP) is 4.65. The normalized spacial score (nSPS) is 35.1. The molecule has 2 bridgehead atoms. The number of aromatic nitrogens is 1. The van der Waals surface area contributed by atoms with E-state index in [4.69, 9.17) is 4.37 Å². The summed E-state index contributed by atoms with van der Waals surface area (Å²) in [5.41, 5.74) is 0. The Kier molecular flexibility index (Phi) is 6.04. The minimum Gasteiger partial charge on any atom is -0.353 e. The van der Waals surface area contributed by atoms with Crippen molar-refractivity contribution in [2.45, 2.75) is 51.4 Å². The number of imide groups is 1. The molecule has 1 aromatic heterocycles. The molecule has 6 fully saturated rings. The summed E-state index contributed by atoms with van der Waals surface area (Å²) in [7, 11) is 0. The number of hydrogen-bond donors (Lipinski definition) is 0. The van der Waals surface area contributed by atoms with Gasteiger partial charge in [-0.15, -0.1) is 0 Å². The van der Waals surface area contributed by atoms with Gasteiger partial charge in [0.15, 0.2) is 0 Å². The number of piperazine rings is 1. The molecule has 0 spiro atoms. The number of carbonyl (C=O) groups is 2. The van der Waals surface area contributed by atoms with Gasteiger partial charge in [-0.3, -0.25) is 19.4 Å². The van der Waals surface area contributed by atoms with Gasteiger partial charge >= 0.3 is 0 Å². The van der Waals surface area contributed by atoms with E-state index in [1.165, 1.54) is 29.3 Å². The quantitative estimate of drug-likeness (QED) is 0.553. The number of fused-ring (bicyclic) bond motifs is 3. The summed E-state index contributed by atoms with van der Waals surface area (Å²) in [6.45, 7) is 5.93. The summed E-state index contributed by atoms with van der Waals surface area (Å²) >= 11 is 1.60. The minimum atomic E-state index is 0.0157. The van der Waals surface area contributed by atoms with Crippen LogP contribution in [0.25, 0.3) is 10.1 Å². The van der Waals surface area contributed by atoms with Crippen molar-refractivity contribution in [3.8, 4) is 0 Å². The molecular formula is C29H38N4O2S. The van der Waals surface area contributed by atoms with Gasteiger partial charge in [-0.25, -0.2) is 0 Å². The Morgan fingerprint density at radius 3 is 2.06 bits per heavy atom. The van der Waals surface area contributed by atoms with Crippen molar-refractivity contribution in [2.75, 3.05) is 44.2 Å². The van der Waals surface area contributed by atoms with Crippen molar-refractivity contribution in [3.05, 3.63) is 24.3 Å². The lowest BCUT2D eigenvalue weighted by Gasteiger charge is -2.42. The van der Waals surface area contributed by atoms with Crippen LogP contribution in [0.1, 0.15) is 51.4 Å². The first-order valence-corrected chi connectivity index (χ1v) is 15.1. The molecule has 36 heavy (non-hydrogen) atoms. The summed E-state index contributed by atoms with van der Waals surface area (Å²) < 4.78 is 6.03. The summed E-state index contributed by atoms with van der Waals surface area (Å²) in [4.78, 5) is 33.7. The standard InChI is InChI=1S/C29H38N4O2S/c34-28-25-19-9-10-20(12-11-19)26(25)29(35)33(28)18-22-6-2-1-5-21(22)17-31-13-15-32(16-14-31)27-23-7-3-4-8-24(23)36-30-27/h3-4,7-8,19-22,25-26H,1-2,5-6,9-18H2. The average molecular weight is 507 g/mol. The minimum absolute atomic E-state index is 0.0157. The Morgan fingerprint density at radius 1 is 0.778 bits per heavy atom. The van der Waals surface area contributed by atoms with Crippen LogP contribution in [-0.2, 0) is 9.59 Å². The highest BCUT2D eigenvalue weighted by Gasteiger charge is 2.58. The van der Waals surface area contributed by atoms with Gasteiger partial charge in [0.05, 0.1) is 16.5 Å². The number of anilines is 1. The van der Waals surface area contributed by atoms with Gasteiger partial charge in [0.1, 0.15) is 5.82 Å². The zero-order valence-electron chi connectivity index (χ0n) is 21.2. The van der Waals surface area contributed by atoms with E-state index in [0.29, 0.717) is 30.2 Å². The van der Waals surface area contributed by atoms with Crippen molar-refractivity contribution >= 4 is 39.3 Å². The molecular weight excluding hydrogens is 468 g/mol. The Hall–Kier alpha value is -1.99. The molecule has 6 nitrogen and oxygen atoms in total. The average Bonchev–Trinajstić information content (AvgIpc) is 3.47. The third-order valence-corrected chi connectivity index (χ3v) is 11.1. The highest BCUT2D eigenvalue weighted by molar-refractivity contribution is 7.13. The van der Waals surface area contributed by atoms with Gasteiger partial charge in [-0.2, -0.15) is 4.37 Å². The molecule has 1 aromatic carbocycles. The van der Waals surface area contributed by atoms with Gasteiger partial charge in [-0.05, 0) is 85.9 Å². The Morgan fingerprint density at radius 2 is 1.39 bits per heavy atom. The maximum atomic E-state index is 13.4. The molecule has 2 aromatic rings. The summed E-state index contributed by atoms with van der Waals surface area (Å²) in [5, 5.41) is 1.28. The Labute approximate surface area is 218 Å². The number of nitrogens with zero attached hydrogens (tertiary/aromatic N) is 4. The molecule has 4 aliphatic carbocycles. The Bertz CT molecular complexity index is 1100. The van der Waals surface area contributed by atoms with E-state index in [1.807, 2.05) is 0 Å². The third kappa shape index (κ3) is 3.89. The number of hydrogen-bond acceptors (Lipinski definition) is 6. The van der Waals surface area contributed by atoms with Crippen LogP contribution in [0.3, 0.4) is 0 Å². The monoisotopic (exact) mass is 506 g/mol. The SMILES string of the molecule is O=C1C2C3CCC(CC3)C2C(=O)N1CC1CCCCC1CN1CCN(c2nsc3ccccc23)CC1. The molecule has 7 heteroatoms. The second kappa shape index (κ2) is 9.39. The summed E-state index contributed by atoms with van der Waals surface area (Å²) in [6.07, 6.45) is 9.55. The summed E-state index contributed by atoms with van der Waals surface area (Å²) in [5.74, 6) is 3.54. The van der Waals surface area contributed by atoms with E-state index >= 15 is 0 Å². The first-order chi connectivity index (χ1) is 17.7. The number of likely N-dealkylation sites (tertiary alicyclic amines) is 1. The first-order valence-electron chi connectivity index (χ1n) is 14.3. The molecule has 2 aliphatic heterocycles. The smallest absolute Gasteiger partial charge is 0.233 e. The van der Waals surface area contributed by atoms with Crippen LogP contribution < -0.4 is 4.90 Å². The van der Waals surface area contributed by atoms with Crippen LogP contribution in [0.5, 0.6) is 0 Å². The van der Waals surface area contributed by atoms with Gasteiger partial charge in [-0.1, -0.05) is 25.0 Å². The molecule has 3 heterocycles. The zero-order chi connectivity index (χ0) is 24.2. The largest absolute Gasteiger partial charge is 0.353 e. The van der Waals surface area contributed by atoms with Crippen LogP contribution in [0.2, 0.25) is 0 Å². The van der Waals surface area contributed by atoms with E-state index in [-0.39, 0.29) is 23.7 Å². The first kappa shape index (κ1) is 23.2. The van der Waals surface area contributed by atoms with Crippen molar-refractivity contribution in [1.29, 1.82) is 0 Å². The van der Waals surface area contributed by atoms with Crippen molar-refractivity contribution in [2.24, 2.45) is 35.5 Å². The summed E-state index contributed by atoms with van der Waals surface area (Å²) in [6, 6.07) is 8.54. The van der Waals surface area contributed by atoms with Crippen LogP contribution in [0, 0.1) is 35.5 Å². The second-order valence-electron chi connectivity index (χ2n) is 12.1. The molecule has 4 saturated carbocycles. The molecule has 4 unspecified atom stereocenters. The number of carbonyl (C=O) groups excluding carboxylic acids is 2. The van der Waals surface area contributed by atoms with E-state index in [0.717, 1.165) is 70.6 Å². The van der Waals surface area contributed by atoms with E-state index < -0.39 is 0 Å². The van der Waals surface area contributed by atoms with Gasteiger partial charge in [0.25, 0.3) is 0 Å².